The Hall–Kier alpha value is -1.42. The third-order valence-electron chi connectivity index (χ3n) is 3.29. The van der Waals surface area contributed by atoms with Crippen molar-refractivity contribution in [2.75, 3.05) is 31.6 Å². The number of piperazine rings is 1. The molecule has 0 saturated carbocycles. The van der Waals surface area contributed by atoms with Crippen molar-refractivity contribution < 1.29 is 9.18 Å². The van der Waals surface area contributed by atoms with E-state index in [2.05, 4.69) is 23.8 Å². The van der Waals surface area contributed by atoms with Gasteiger partial charge in [-0.05, 0) is 26.1 Å². The fourth-order valence-electron chi connectivity index (χ4n) is 2.39. The molecule has 1 aliphatic heterocycles. The Morgan fingerprint density at radius 2 is 2.18 bits per heavy atom. The summed E-state index contributed by atoms with van der Waals surface area (Å²) in [5.74, 6) is -0.441. The van der Waals surface area contributed by atoms with E-state index in [0.717, 1.165) is 19.6 Å². The molecular weight excluding hydrogens is 219 g/mol. The van der Waals surface area contributed by atoms with Crippen LogP contribution in [0.3, 0.4) is 0 Å². The molecule has 2 rings (SSSR count). The lowest BCUT2D eigenvalue weighted by molar-refractivity contribution is 0.112. The third-order valence-corrected chi connectivity index (χ3v) is 3.29. The number of hydrogen-bond donors (Lipinski definition) is 0. The Labute approximate surface area is 101 Å². The predicted molar refractivity (Wildman–Crippen MR) is 66.1 cm³/mol. The minimum absolute atomic E-state index is 0.170. The van der Waals surface area contributed by atoms with E-state index in [9.17, 15) is 9.18 Å². The molecule has 4 heteroatoms. The molecule has 0 spiro atoms. The quantitative estimate of drug-likeness (QED) is 0.731. The van der Waals surface area contributed by atoms with Gasteiger partial charge < -0.3 is 9.80 Å². The number of aldehydes is 1. The second-order valence-corrected chi connectivity index (χ2v) is 4.60. The molecule has 1 aromatic rings. The van der Waals surface area contributed by atoms with Crippen LogP contribution in [0.5, 0.6) is 0 Å². The van der Waals surface area contributed by atoms with Crippen LogP contribution >= 0.6 is 0 Å². The molecule has 17 heavy (non-hydrogen) atoms. The molecule has 1 aliphatic rings. The molecule has 0 amide bonds. The summed E-state index contributed by atoms with van der Waals surface area (Å²) in [5.41, 5.74) is 0.879. The summed E-state index contributed by atoms with van der Waals surface area (Å²) in [6, 6.07) is 5.08. The van der Waals surface area contributed by atoms with Gasteiger partial charge in [0.25, 0.3) is 0 Å². The highest BCUT2D eigenvalue weighted by molar-refractivity contribution is 5.85. The van der Waals surface area contributed by atoms with E-state index in [1.165, 1.54) is 6.07 Å². The van der Waals surface area contributed by atoms with Crippen molar-refractivity contribution in [3.05, 3.63) is 29.6 Å². The maximum atomic E-state index is 13.5. The molecule has 1 heterocycles. The van der Waals surface area contributed by atoms with Crippen molar-refractivity contribution in [3.63, 3.8) is 0 Å². The topological polar surface area (TPSA) is 23.6 Å². The van der Waals surface area contributed by atoms with Crippen LogP contribution in [0.1, 0.15) is 17.3 Å². The van der Waals surface area contributed by atoms with Gasteiger partial charge in [-0.1, -0.05) is 6.07 Å². The molecule has 1 unspecified atom stereocenters. The van der Waals surface area contributed by atoms with E-state index in [0.29, 0.717) is 12.0 Å². The molecule has 0 aliphatic carbocycles. The Kier molecular flexibility index (Phi) is 3.43. The van der Waals surface area contributed by atoms with E-state index in [-0.39, 0.29) is 11.6 Å². The van der Waals surface area contributed by atoms with Gasteiger partial charge in [-0.3, -0.25) is 4.79 Å². The SMILES string of the molecule is CC1CN(C)CCN1c1cccc(F)c1C=O. The Morgan fingerprint density at radius 1 is 1.41 bits per heavy atom. The van der Waals surface area contributed by atoms with E-state index in [1.54, 1.807) is 6.07 Å². The first-order chi connectivity index (χ1) is 8.13. The van der Waals surface area contributed by atoms with Gasteiger partial charge in [0.2, 0.25) is 0 Å². The highest BCUT2D eigenvalue weighted by Crippen LogP contribution is 2.25. The standard InChI is InChI=1S/C13H17FN2O/c1-10-8-15(2)6-7-16(10)13-5-3-4-12(14)11(13)9-17/h3-5,9-10H,6-8H2,1-2H3. The van der Waals surface area contributed by atoms with Crippen molar-refractivity contribution >= 4 is 12.0 Å². The van der Waals surface area contributed by atoms with E-state index in [1.807, 2.05) is 6.07 Å². The number of carbonyl (C=O) groups excluding carboxylic acids is 1. The van der Waals surface area contributed by atoms with E-state index >= 15 is 0 Å². The molecule has 0 aromatic heterocycles. The number of nitrogens with zero attached hydrogens (tertiary/aromatic N) is 2. The summed E-state index contributed by atoms with van der Waals surface area (Å²) in [7, 11) is 2.07. The highest BCUT2D eigenvalue weighted by Gasteiger charge is 2.24. The highest BCUT2D eigenvalue weighted by atomic mass is 19.1. The van der Waals surface area contributed by atoms with Gasteiger partial charge in [-0.25, -0.2) is 4.39 Å². The van der Waals surface area contributed by atoms with Gasteiger partial charge >= 0.3 is 0 Å². The van der Waals surface area contributed by atoms with Gasteiger partial charge in [0.05, 0.1) is 11.3 Å². The minimum Gasteiger partial charge on any atom is -0.366 e. The van der Waals surface area contributed by atoms with Crippen molar-refractivity contribution in [3.8, 4) is 0 Å². The first kappa shape index (κ1) is 12.0. The van der Waals surface area contributed by atoms with Crippen LogP contribution in [0.4, 0.5) is 10.1 Å². The molecular formula is C13H17FN2O. The average molecular weight is 236 g/mol. The molecule has 0 bridgehead atoms. The van der Waals surface area contributed by atoms with E-state index < -0.39 is 5.82 Å². The second-order valence-electron chi connectivity index (χ2n) is 4.60. The number of likely N-dealkylation sites (N-methyl/N-ethyl adjacent to an activating group) is 1. The van der Waals surface area contributed by atoms with Gasteiger partial charge in [0, 0.05) is 25.7 Å². The zero-order valence-electron chi connectivity index (χ0n) is 10.2. The summed E-state index contributed by atoms with van der Waals surface area (Å²) in [4.78, 5) is 15.3. The number of benzene rings is 1. The number of halogens is 1. The van der Waals surface area contributed by atoms with Crippen LogP contribution in [-0.2, 0) is 0 Å². The summed E-state index contributed by atoms with van der Waals surface area (Å²) in [6.45, 7) is 4.77. The van der Waals surface area contributed by atoms with Gasteiger partial charge in [0.1, 0.15) is 5.82 Å². The number of hydrogen-bond acceptors (Lipinski definition) is 3. The van der Waals surface area contributed by atoms with Crippen LogP contribution in [0.25, 0.3) is 0 Å². The third kappa shape index (κ3) is 2.31. The maximum absolute atomic E-state index is 13.5. The monoisotopic (exact) mass is 236 g/mol. The van der Waals surface area contributed by atoms with Crippen molar-refractivity contribution in [1.82, 2.24) is 4.90 Å². The molecule has 0 N–H and O–H groups in total. The lowest BCUT2D eigenvalue weighted by atomic mass is 10.1. The van der Waals surface area contributed by atoms with Crippen LogP contribution in [-0.4, -0.2) is 43.9 Å². The van der Waals surface area contributed by atoms with Crippen molar-refractivity contribution in [2.24, 2.45) is 0 Å². The maximum Gasteiger partial charge on any atom is 0.155 e. The largest absolute Gasteiger partial charge is 0.366 e. The summed E-state index contributed by atoms with van der Waals surface area (Å²) >= 11 is 0. The first-order valence-corrected chi connectivity index (χ1v) is 5.82. The van der Waals surface area contributed by atoms with Gasteiger partial charge in [-0.2, -0.15) is 0 Å². The minimum atomic E-state index is -0.441. The van der Waals surface area contributed by atoms with Crippen LogP contribution < -0.4 is 4.90 Å². The van der Waals surface area contributed by atoms with Crippen molar-refractivity contribution in [2.45, 2.75) is 13.0 Å². The average Bonchev–Trinajstić information content (AvgIpc) is 2.29. The van der Waals surface area contributed by atoms with Gasteiger partial charge in [0.15, 0.2) is 6.29 Å². The second kappa shape index (κ2) is 4.84. The molecule has 1 saturated heterocycles. The molecule has 3 nitrogen and oxygen atoms in total. The summed E-state index contributed by atoms with van der Waals surface area (Å²) < 4.78 is 13.5. The lowest BCUT2D eigenvalue weighted by Crippen LogP contribution is -2.50. The number of anilines is 1. The predicted octanol–water partition coefficient (Wildman–Crippen LogP) is 1.78. The van der Waals surface area contributed by atoms with Gasteiger partial charge in [-0.15, -0.1) is 0 Å². The van der Waals surface area contributed by atoms with E-state index in [4.69, 9.17) is 0 Å². The zero-order chi connectivity index (χ0) is 12.4. The smallest absolute Gasteiger partial charge is 0.155 e. The van der Waals surface area contributed by atoms with Crippen molar-refractivity contribution in [1.29, 1.82) is 0 Å². The Bertz CT molecular complexity index is 422. The summed E-state index contributed by atoms with van der Waals surface area (Å²) in [6.07, 6.45) is 0.607. The normalized spacial score (nSPS) is 21.6. The summed E-state index contributed by atoms with van der Waals surface area (Å²) in [5, 5.41) is 0. The molecule has 1 atom stereocenters. The Balaban J connectivity index is 2.33. The molecule has 1 fully saturated rings. The van der Waals surface area contributed by atoms with Crippen LogP contribution in [0.15, 0.2) is 18.2 Å². The Morgan fingerprint density at radius 3 is 2.82 bits per heavy atom. The van der Waals surface area contributed by atoms with Crippen LogP contribution in [0, 0.1) is 5.82 Å². The number of carbonyl (C=O) groups is 1. The van der Waals surface area contributed by atoms with Crippen LogP contribution in [0.2, 0.25) is 0 Å². The fraction of sp³-hybridized carbons (Fsp3) is 0.462. The first-order valence-electron chi connectivity index (χ1n) is 5.82. The molecule has 0 radical (unpaired) electrons. The number of rotatable bonds is 2. The zero-order valence-corrected chi connectivity index (χ0v) is 10.2. The molecule has 92 valence electrons. The fourth-order valence-corrected chi connectivity index (χ4v) is 2.39. The lowest BCUT2D eigenvalue weighted by Gasteiger charge is -2.40. The molecule has 1 aromatic carbocycles.